The number of nitrogens with one attached hydrogen (secondary N) is 2. The SMILES string of the molecule is C[C@@H]1CCCC[C@H]1N1C(=O)/C(=C/c2ccc(OCC(=O)Nc3ccccc3)cc2)SC1Nc1ccccc1. The predicted molar refractivity (Wildman–Crippen MR) is 155 cm³/mol. The van der Waals surface area contributed by atoms with E-state index >= 15 is 0 Å². The van der Waals surface area contributed by atoms with Crippen LogP contribution < -0.4 is 15.4 Å². The van der Waals surface area contributed by atoms with Gasteiger partial charge >= 0.3 is 0 Å². The Morgan fingerprint density at radius 2 is 1.61 bits per heavy atom. The van der Waals surface area contributed by atoms with Crippen LogP contribution in [0.5, 0.6) is 5.75 Å². The monoisotopic (exact) mass is 527 g/mol. The zero-order valence-electron chi connectivity index (χ0n) is 21.5. The molecule has 0 radical (unpaired) electrons. The Kier molecular flexibility index (Phi) is 8.34. The second-order valence-corrected chi connectivity index (χ2v) is 10.9. The van der Waals surface area contributed by atoms with Gasteiger partial charge in [0.05, 0.1) is 4.91 Å². The fraction of sp³-hybridized carbons (Fsp3) is 0.290. The molecule has 0 aromatic heterocycles. The van der Waals surface area contributed by atoms with Crippen LogP contribution in [-0.4, -0.2) is 34.9 Å². The van der Waals surface area contributed by atoms with E-state index in [4.69, 9.17) is 4.74 Å². The number of ether oxygens (including phenoxy) is 1. The Labute approximate surface area is 228 Å². The van der Waals surface area contributed by atoms with Gasteiger partial charge in [-0.1, -0.05) is 80.1 Å². The van der Waals surface area contributed by atoms with Crippen molar-refractivity contribution in [3.05, 3.63) is 95.4 Å². The van der Waals surface area contributed by atoms with Gasteiger partial charge in [-0.15, -0.1) is 0 Å². The first kappa shape index (κ1) is 25.9. The minimum absolute atomic E-state index is 0.0783. The van der Waals surface area contributed by atoms with Gasteiger partial charge in [0.15, 0.2) is 12.1 Å². The topological polar surface area (TPSA) is 70.7 Å². The Morgan fingerprint density at radius 3 is 2.29 bits per heavy atom. The van der Waals surface area contributed by atoms with Crippen molar-refractivity contribution in [1.29, 1.82) is 0 Å². The molecule has 5 rings (SSSR count). The van der Waals surface area contributed by atoms with Crippen molar-refractivity contribution in [2.45, 2.75) is 44.1 Å². The third-order valence-electron chi connectivity index (χ3n) is 7.03. The van der Waals surface area contributed by atoms with Gasteiger partial charge in [-0.05, 0) is 66.8 Å². The van der Waals surface area contributed by atoms with E-state index in [1.807, 2.05) is 91.0 Å². The Morgan fingerprint density at radius 1 is 0.947 bits per heavy atom. The third-order valence-corrected chi connectivity index (χ3v) is 8.14. The second kappa shape index (κ2) is 12.2. The average Bonchev–Trinajstić information content (AvgIpc) is 3.23. The molecule has 38 heavy (non-hydrogen) atoms. The molecule has 1 heterocycles. The number of hydrogen-bond donors (Lipinski definition) is 2. The lowest BCUT2D eigenvalue weighted by molar-refractivity contribution is -0.129. The summed E-state index contributed by atoms with van der Waals surface area (Å²) in [6.07, 6.45) is 6.53. The molecule has 3 aromatic carbocycles. The molecule has 196 valence electrons. The highest BCUT2D eigenvalue weighted by molar-refractivity contribution is 8.05. The van der Waals surface area contributed by atoms with Crippen LogP contribution in [0, 0.1) is 5.92 Å². The molecule has 1 saturated heterocycles. The Balaban J connectivity index is 1.26. The Bertz CT molecular complexity index is 1260. The molecule has 6 nitrogen and oxygen atoms in total. The zero-order chi connectivity index (χ0) is 26.3. The van der Waals surface area contributed by atoms with Gasteiger partial charge in [0.2, 0.25) is 0 Å². The summed E-state index contributed by atoms with van der Waals surface area (Å²) in [5.41, 5.74) is 2.51. The molecule has 7 heteroatoms. The van der Waals surface area contributed by atoms with E-state index in [1.165, 1.54) is 6.42 Å². The van der Waals surface area contributed by atoms with E-state index in [0.717, 1.165) is 41.1 Å². The summed E-state index contributed by atoms with van der Waals surface area (Å²) in [5.74, 6) is 0.940. The molecule has 3 aromatic rings. The van der Waals surface area contributed by atoms with Crippen LogP contribution in [0.1, 0.15) is 38.2 Å². The molecule has 2 N–H and O–H groups in total. The van der Waals surface area contributed by atoms with Gasteiger partial charge in [-0.2, -0.15) is 0 Å². The molecule has 1 aliphatic heterocycles. The number of rotatable bonds is 8. The highest BCUT2D eigenvalue weighted by Gasteiger charge is 2.42. The summed E-state index contributed by atoms with van der Waals surface area (Å²) in [5, 5.41) is 6.39. The van der Waals surface area contributed by atoms with Crippen molar-refractivity contribution >= 4 is 41.0 Å². The summed E-state index contributed by atoms with van der Waals surface area (Å²) >= 11 is 1.57. The van der Waals surface area contributed by atoms with Crippen molar-refractivity contribution in [3.8, 4) is 5.75 Å². The smallest absolute Gasteiger partial charge is 0.262 e. The molecular weight excluding hydrogens is 494 g/mol. The number of para-hydroxylation sites is 2. The first-order valence-electron chi connectivity index (χ1n) is 13.2. The number of carbonyl (C=O) groups excluding carboxylic acids is 2. The van der Waals surface area contributed by atoms with Gasteiger partial charge < -0.3 is 20.3 Å². The normalized spacial score (nSPS) is 22.3. The summed E-state index contributed by atoms with van der Waals surface area (Å²) in [7, 11) is 0. The van der Waals surface area contributed by atoms with Gasteiger partial charge in [-0.25, -0.2) is 0 Å². The highest BCUT2D eigenvalue weighted by atomic mass is 32.2. The van der Waals surface area contributed by atoms with Crippen molar-refractivity contribution in [3.63, 3.8) is 0 Å². The highest BCUT2D eigenvalue weighted by Crippen LogP contribution is 2.42. The van der Waals surface area contributed by atoms with Crippen molar-refractivity contribution in [2.75, 3.05) is 17.2 Å². The van der Waals surface area contributed by atoms with Gasteiger partial charge in [0.1, 0.15) is 5.75 Å². The zero-order valence-corrected chi connectivity index (χ0v) is 22.3. The van der Waals surface area contributed by atoms with E-state index in [-0.39, 0.29) is 30.0 Å². The molecule has 1 unspecified atom stereocenters. The molecule has 2 amide bonds. The number of anilines is 2. The molecule has 2 fully saturated rings. The summed E-state index contributed by atoms with van der Waals surface area (Å²) in [6.45, 7) is 2.19. The number of hydrogen-bond acceptors (Lipinski definition) is 5. The molecule has 3 atom stereocenters. The van der Waals surface area contributed by atoms with Crippen LogP contribution in [0.4, 0.5) is 11.4 Å². The number of amides is 2. The minimum atomic E-state index is -0.218. The average molecular weight is 528 g/mol. The molecule has 2 aliphatic rings. The van der Waals surface area contributed by atoms with Crippen LogP contribution in [0.2, 0.25) is 0 Å². The van der Waals surface area contributed by atoms with E-state index < -0.39 is 0 Å². The number of carbonyl (C=O) groups is 2. The van der Waals surface area contributed by atoms with Crippen LogP contribution in [0.15, 0.2) is 89.8 Å². The largest absolute Gasteiger partial charge is 0.484 e. The maximum atomic E-state index is 13.7. The lowest BCUT2D eigenvalue weighted by atomic mass is 9.85. The molecule has 1 aliphatic carbocycles. The second-order valence-electron chi connectivity index (χ2n) is 9.80. The van der Waals surface area contributed by atoms with E-state index in [2.05, 4.69) is 22.5 Å². The quantitative estimate of drug-likeness (QED) is 0.323. The lowest BCUT2D eigenvalue weighted by Gasteiger charge is -2.39. The molecule has 0 spiro atoms. The fourth-order valence-electron chi connectivity index (χ4n) is 5.05. The standard InChI is InChI=1S/C31H33N3O3S/c1-22-10-8-9-15-27(22)34-30(36)28(38-31(34)33-25-13-6-3-7-14-25)20-23-16-18-26(19-17-23)37-21-29(35)32-24-11-4-2-5-12-24/h2-7,11-14,16-20,22,27,31,33H,8-10,15,21H2,1H3,(H,32,35)/b28-20-/t22-,27-,31?/m1/s1. The first-order valence-corrected chi connectivity index (χ1v) is 14.1. The molecule has 0 bridgehead atoms. The van der Waals surface area contributed by atoms with Crippen LogP contribution in [-0.2, 0) is 9.59 Å². The van der Waals surface area contributed by atoms with E-state index in [1.54, 1.807) is 11.8 Å². The van der Waals surface area contributed by atoms with E-state index in [9.17, 15) is 9.59 Å². The number of benzene rings is 3. The van der Waals surface area contributed by atoms with Crippen LogP contribution in [0.25, 0.3) is 6.08 Å². The number of nitrogens with zero attached hydrogens (tertiary/aromatic N) is 1. The van der Waals surface area contributed by atoms with E-state index in [0.29, 0.717) is 11.7 Å². The van der Waals surface area contributed by atoms with Crippen LogP contribution >= 0.6 is 11.8 Å². The first-order chi connectivity index (χ1) is 18.6. The third kappa shape index (κ3) is 6.40. The van der Waals surface area contributed by atoms with Crippen molar-refractivity contribution in [1.82, 2.24) is 4.90 Å². The molecular formula is C31H33N3O3S. The van der Waals surface area contributed by atoms with Crippen molar-refractivity contribution < 1.29 is 14.3 Å². The maximum Gasteiger partial charge on any atom is 0.262 e. The van der Waals surface area contributed by atoms with Gasteiger partial charge in [0, 0.05) is 17.4 Å². The maximum absolute atomic E-state index is 13.7. The van der Waals surface area contributed by atoms with Gasteiger partial charge in [0.25, 0.3) is 11.8 Å². The Hall–Kier alpha value is -3.71. The van der Waals surface area contributed by atoms with Gasteiger partial charge in [-0.3, -0.25) is 9.59 Å². The van der Waals surface area contributed by atoms with Crippen LogP contribution in [0.3, 0.4) is 0 Å². The molecule has 1 saturated carbocycles. The van der Waals surface area contributed by atoms with Crippen molar-refractivity contribution in [2.24, 2.45) is 5.92 Å². The summed E-state index contributed by atoms with van der Waals surface area (Å²) < 4.78 is 5.65. The lowest BCUT2D eigenvalue weighted by Crippen LogP contribution is -2.48. The fourth-order valence-corrected chi connectivity index (χ4v) is 6.26. The minimum Gasteiger partial charge on any atom is -0.484 e. The summed E-state index contributed by atoms with van der Waals surface area (Å²) in [6, 6.07) is 27.1. The number of thioether (sulfide) groups is 1. The predicted octanol–water partition coefficient (Wildman–Crippen LogP) is 6.59. The summed E-state index contributed by atoms with van der Waals surface area (Å²) in [4.78, 5) is 28.6.